The summed E-state index contributed by atoms with van der Waals surface area (Å²) < 4.78 is 11.3. The normalized spacial score (nSPS) is 19.8. The van der Waals surface area contributed by atoms with Gasteiger partial charge in [-0.15, -0.1) is 0 Å². The maximum atomic E-state index is 12.6. The van der Waals surface area contributed by atoms with Gasteiger partial charge in [0.25, 0.3) is 0 Å². The minimum absolute atomic E-state index is 0.0312. The average molecular weight is 367 g/mol. The van der Waals surface area contributed by atoms with E-state index >= 15 is 0 Å². The predicted molar refractivity (Wildman–Crippen MR) is 104 cm³/mol. The topological polar surface area (TPSA) is 59.8 Å². The third-order valence-electron chi connectivity index (χ3n) is 6.26. The van der Waals surface area contributed by atoms with Crippen molar-refractivity contribution < 1.29 is 13.9 Å². The van der Waals surface area contributed by atoms with Gasteiger partial charge in [0.2, 0.25) is 0 Å². The molecule has 0 radical (unpaired) electrons. The standard InChI is InChI=1S/C22H25NO4/c24-21(26-16-7-2-1-3-8-16)18-13-15-12-14-6-4-10-23-11-5-9-17(19(14)23)20(15)27-22(18)25/h12-13,16H,1-11H2. The molecule has 1 fully saturated rings. The molecule has 0 unspecified atom stereocenters. The Balaban J connectivity index is 1.56. The van der Waals surface area contributed by atoms with Crippen LogP contribution in [0, 0.1) is 0 Å². The third kappa shape index (κ3) is 2.93. The molecule has 0 spiro atoms. The monoisotopic (exact) mass is 367 g/mol. The predicted octanol–water partition coefficient (Wildman–Crippen LogP) is 3.98. The van der Waals surface area contributed by atoms with E-state index in [1.54, 1.807) is 6.07 Å². The fraction of sp³-hybridized carbons (Fsp3) is 0.545. The van der Waals surface area contributed by atoms with Crippen LogP contribution in [0.3, 0.4) is 0 Å². The summed E-state index contributed by atoms with van der Waals surface area (Å²) in [6.07, 6.45) is 9.23. The SMILES string of the molecule is O=C(OC1CCCCC1)c1cc2cc3c4c(c2oc1=O)CCCN4CCC3. The number of ether oxygens (including phenoxy) is 1. The largest absolute Gasteiger partial charge is 0.459 e. The molecule has 2 aliphatic heterocycles. The van der Waals surface area contributed by atoms with Crippen molar-refractivity contribution in [1.82, 2.24) is 0 Å². The Morgan fingerprint density at radius 3 is 2.63 bits per heavy atom. The van der Waals surface area contributed by atoms with E-state index in [-0.39, 0.29) is 11.7 Å². The Bertz CT molecular complexity index is 953. The molecule has 0 saturated heterocycles. The number of anilines is 1. The second kappa shape index (κ2) is 6.70. The molecule has 1 aliphatic carbocycles. The van der Waals surface area contributed by atoms with Crippen LogP contribution in [0.2, 0.25) is 0 Å². The molecule has 0 amide bonds. The van der Waals surface area contributed by atoms with Gasteiger partial charge in [-0.3, -0.25) is 0 Å². The molecule has 1 saturated carbocycles. The molecule has 5 nitrogen and oxygen atoms in total. The number of nitrogens with zero attached hydrogens (tertiary/aromatic N) is 1. The number of esters is 1. The van der Waals surface area contributed by atoms with Crippen LogP contribution in [-0.2, 0) is 17.6 Å². The highest BCUT2D eigenvalue weighted by atomic mass is 16.5. The molecular formula is C22H25NO4. The second-order valence-electron chi connectivity index (χ2n) is 8.09. The van der Waals surface area contributed by atoms with Crippen LogP contribution >= 0.6 is 0 Å². The zero-order valence-corrected chi connectivity index (χ0v) is 15.6. The highest BCUT2D eigenvalue weighted by molar-refractivity contribution is 5.95. The Morgan fingerprint density at radius 1 is 1.04 bits per heavy atom. The van der Waals surface area contributed by atoms with Crippen molar-refractivity contribution in [3.05, 3.63) is 39.2 Å². The molecule has 0 atom stereocenters. The Kier molecular flexibility index (Phi) is 4.18. The van der Waals surface area contributed by atoms with Crippen LogP contribution in [0.4, 0.5) is 5.69 Å². The van der Waals surface area contributed by atoms with Crippen molar-refractivity contribution in [3.63, 3.8) is 0 Å². The van der Waals surface area contributed by atoms with E-state index in [9.17, 15) is 9.59 Å². The van der Waals surface area contributed by atoms with Gasteiger partial charge in [0.05, 0.1) is 0 Å². The van der Waals surface area contributed by atoms with Crippen molar-refractivity contribution in [2.75, 3.05) is 18.0 Å². The van der Waals surface area contributed by atoms with E-state index in [1.165, 1.54) is 17.7 Å². The Hall–Kier alpha value is -2.30. The number of carbonyl (C=O) groups excluding carboxylic acids is 1. The lowest BCUT2D eigenvalue weighted by atomic mass is 9.90. The molecule has 3 heterocycles. The molecule has 142 valence electrons. The summed E-state index contributed by atoms with van der Waals surface area (Å²) in [5, 5.41) is 0.850. The summed E-state index contributed by atoms with van der Waals surface area (Å²) in [6, 6.07) is 3.79. The van der Waals surface area contributed by atoms with Gasteiger partial charge in [-0.25, -0.2) is 9.59 Å². The van der Waals surface area contributed by atoms with Crippen molar-refractivity contribution in [2.24, 2.45) is 0 Å². The van der Waals surface area contributed by atoms with E-state index in [0.717, 1.165) is 75.4 Å². The van der Waals surface area contributed by atoms with Gasteiger partial charge in [0.15, 0.2) is 0 Å². The van der Waals surface area contributed by atoms with E-state index in [1.807, 2.05) is 0 Å². The maximum absolute atomic E-state index is 12.6. The lowest BCUT2D eigenvalue weighted by molar-refractivity contribution is 0.0207. The first-order chi connectivity index (χ1) is 13.2. The maximum Gasteiger partial charge on any atom is 0.351 e. The number of carbonyl (C=O) groups is 1. The van der Waals surface area contributed by atoms with Crippen LogP contribution in [0.25, 0.3) is 11.0 Å². The molecule has 2 aromatic rings. The van der Waals surface area contributed by atoms with Crippen LogP contribution in [0.15, 0.2) is 21.3 Å². The number of rotatable bonds is 2. The van der Waals surface area contributed by atoms with Gasteiger partial charge >= 0.3 is 11.6 Å². The smallest absolute Gasteiger partial charge is 0.351 e. The number of hydrogen-bond donors (Lipinski definition) is 0. The summed E-state index contributed by atoms with van der Waals surface area (Å²) in [6.45, 7) is 2.14. The molecule has 27 heavy (non-hydrogen) atoms. The fourth-order valence-electron chi connectivity index (χ4n) is 4.99. The van der Waals surface area contributed by atoms with Crippen LogP contribution in [0.1, 0.15) is 66.4 Å². The number of hydrogen-bond acceptors (Lipinski definition) is 5. The highest BCUT2D eigenvalue weighted by Crippen LogP contribution is 2.39. The highest BCUT2D eigenvalue weighted by Gasteiger charge is 2.28. The van der Waals surface area contributed by atoms with Crippen molar-refractivity contribution >= 4 is 22.6 Å². The second-order valence-corrected chi connectivity index (χ2v) is 8.09. The van der Waals surface area contributed by atoms with Crippen molar-refractivity contribution in [1.29, 1.82) is 0 Å². The minimum atomic E-state index is -0.576. The molecule has 5 heteroatoms. The molecule has 0 bridgehead atoms. The van der Waals surface area contributed by atoms with Crippen LogP contribution < -0.4 is 10.5 Å². The summed E-state index contributed by atoms with van der Waals surface area (Å²) >= 11 is 0. The van der Waals surface area contributed by atoms with Gasteiger partial charge in [-0.2, -0.15) is 0 Å². The van der Waals surface area contributed by atoms with Gasteiger partial charge in [0, 0.05) is 29.7 Å². The zero-order valence-electron chi connectivity index (χ0n) is 15.6. The van der Waals surface area contributed by atoms with Crippen LogP contribution in [0.5, 0.6) is 0 Å². The number of benzene rings is 1. The van der Waals surface area contributed by atoms with E-state index in [0.29, 0.717) is 5.58 Å². The molecule has 3 aliphatic rings. The first kappa shape index (κ1) is 16.8. The summed E-state index contributed by atoms with van der Waals surface area (Å²) in [7, 11) is 0. The quantitative estimate of drug-likeness (QED) is 0.593. The molecule has 5 rings (SSSR count). The summed E-state index contributed by atoms with van der Waals surface area (Å²) in [5.74, 6) is -0.537. The van der Waals surface area contributed by atoms with Crippen LogP contribution in [-0.4, -0.2) is 25.2 Å². The Labute approximate surface area is 158 Å². The van der Waals surface area contributed by atoms with Gasteiger partial charge in [-0.1, -0.05) is 6.42 Å². The molecule has 1 aromatic heterocycles. The van der Waals surface area contributed by atoms with Gasteiger partial charge in [-0.05, 0) is 69.1 Å². The molecule has 0 N–H and O–H groups in total. The fourth-order valence-corrected chi connectivity index (χ4v) is 4.99. The first-order valence-electron chi connectivity index (χ1n) is 10.3. The minimum Gasteiger partial charge on any atom is -0.459 e. The number of aryl methyl sites for hydroxylation is 2. The van der Waals surface area contributed by atoms with E-state index < -0.39 is 11.6 Å². The summed E-state index contributed by atoms with van der Waals surface area (Å²) in [5.41, 5.74) is 3.82. The first-order valence-corrected chi connectivity index (χ1v) is 10.3. The third-order valence-corrected chi connectivity index (χ3v) is 6.26. The van der Waals surface area contributed by atoms with E-state index in [2.05, 4.69) is 11.0 Å². The molecule has 1 aromatic carbocycles. The number of fused-ring (bicyclic) bond motifs is 2. The zero-order chi connectivity index (χ0) is 18.4. The lowest BCUT2D eigenvalue weighted by Crippen LogP contribution is -2.34. The van der Waals surface area contributed by atoms with Gasteiger partial charge in [0.1, 0.15) is 17.3 Å². The average Bonchev–Trinajstić information content (AvgIpc) is 2.69. The van der Waals surface area contributed by atoms with Crippen molar-refractivity contribution in [3.8, 4) is 0 Å². The lowest BCUT2D eigenvalue weighted by Gasteiger charge is -2.37. The van der Waals surface area contributed by atoms with Crippen molar-refractivity contribution in [2.45, 2.75) is 63.9 Å². The molecular weight excluding hydrogens is 342 g/mol. The Morgan fingerprint density at radius 2 is 1.81 bits per heavy atom. The van der Waals surface area contributed by atoms with E-state index in [4.69, 9.17) is 9.15 Å². The summed E-state index contributed by atoms with van der Waals surface area (Å²) in [4.78, 5) is 27.6. The van der Waals surface area contributed by atoms with Gasteiger partial charge < -0.3 is 14.1 Å².